The highest BCUT2D eigenvalue weighted by atomic mass is 32.2. The minimum Gasteiger partial charge on any atom is -0.359 e. The molecule has 1 aliphatic rings. The Morgan fingerprint density at radius 1 is 1.23 bits per heavy atom. The fourth-order valence-corrected chi connectivity index (χ4v) is 3.61. The SMILES string of the molecule is CS(=O)(=O)N1CCCN(C(=O)NCc2cc(-c3ccccn3)no2)CC1. The smallest absolute Gasteiger partial charge is 0.317 e. The lowest BCUT2D eigenvalue weighted by Gasteiger charge is -2.21. The Morgan fingerprint density at radius 3 is 2.81 bits per heavy atom. The van der Waals surface area contributed by atoms with Gasteiger partial charge in [-0.1, -0.05) is 11.2 Å². The number of sulfonamides is 1. The Labute approximate surface area is 152 Å². The molecule has 0 spiro atoms. The average molecular weight is 379 g/mol. The molecule has 0 atom stereocenters. The number of carbonyl (C=O) groups excluding carboxylic acids is 1. The van der Waals surface area contributed by atoms with E-state index in [2.05, 4.69) is 15.5 Å². The van der Waals surface area contributed by atoms with Crippen molar-refractivity contribution in [3.63, 3.8) is 0 Å². The molecule has 2 aromatic rings. The van der Waals surface area contributed by atoms with Gasteiger partial charge in [0.25, 0.3) is 0 Å². The van der Waals surface area contributed by atoms with E-state index in [0.717, 1.165) is 0 Å². The van der Waals surface area contributed by atoms with Crippen LogP contribution in [0.15, 0.2) is 35.0 Å². The summed E-state index contributed by atoms with van der Waals surface area (Å²) in [6.07, 6.45) is 3.46. The first-order valence-electron chi connectivity index (χ1n) is 8.28. The number of rotatable bonds is 4. The van der Waals surface area contributed by atoms with E-state index >= 15 is 0 Å². The monoisotopic (exact) mass is 379 g/mol. The maximum absolute atomic E-state index is 12.3. The lowest BCUT2D eigenvalue weighted by molar-refractivity contribution is 0.198. The third-order valence-electron chi connectivity index (χ3n) is 4.11. The van der Waals surface area contributed by atoms with Crippen molar-refractivity contribution in [1.82, 2.24) is 24.7 Å². The van der Waals surface area contributed by atoms with E-state index in [1.54, 1.807) is 17.2 Å². The number of amides is 2. The lowest BCUT2D eigenvalue weighted by Crippen LogP contribution is -2.42. The molecule has 3 heterocycles. The largest absolute Gasteiger partial charge is 0.359 e. The Balaban J connectivity index is 1.54. The number of nitrogens with one attached hydrogen (secondary N) is 1. The van der Waals surface area contributed by atoms with Crippen LogP contribution in [0.2, 0.25) is 0 Å². The summed E-state index contributed by atoms with van der Waals surface area (Å²) in [6, 6.07) is 6.98. The van der Waals surface area contributed by atoms with Gasteiger partial charge in [0.05, 0.1) is 18.5 Å². The van der Waals surface area contributed by atoms with Crippen molar-refractivity contribution in [2.45, 2.75) is 13.0 Å². The molecule has 1 N–H and O–H groups in total. The van der Waals surface area contributed by atoms with Crippen LogP contribution in [-0.4, -0.2) is 66.2 Å². The number of urea groups is 1. The van der Waals surface area contributed by atoms with Crippen LogP contribution in [0.3, 0.4) is 0 Å². The molecule has 0 saturated carbocycles. The first kappa shape index (κ1) is 18.3. The van der Waals surface area contributed by atoms with Crippen LogP contribution >= 0.6 is 0 Å². The van der Waals surface area contributed by atoms with Crippen LogP contribution in [0.4, 0.5) is 4.79 Å². The van der Waals surface area contributed by atoms with Gasteiger partial charge in [-0.15, -0.1) is 0 Å². The molecule has 9 nitrogen and oxygen atoms in total. The van der Waals surface area contributed by atoms with Gasteiger partial charge in [0.1, 0.15) is 5.69 Å². The zero-order chi connectivity index (χ0) is 18.6. The normalized spacial score (nSPS) is 16.3. The molecule has 1 fully saturated rings. The molecular weight excluding hydrogens is 358 g/mol. The predicted octanol–water partition coefficient (Wildman–Crippen LogP) is 0.913. The summed E-state index contributed by atoms with van der Waals surface area (Å²) in [5.74, 6) is 0.520. The topological polar surface area (TPSA) is 109 Å². The fraction of sp³-hybridized carbons (Fsp3) is 0.438. The fourth-order valence-electron chi connectivity index (χ4n) is 2.73. The van der Waals surface area contributed by atoms with Gasteiger partial charge in [0, 0.05) is 38.4 Å². The van der Waals surface area contributed by atoms with E-state index < -0.39 is 10.0 Å². The van der Waals surface area contributed by atoms with Gasteiger partial charge in [0.2, 0.25) is 10.0 Å². The summed E-state index contributed by atoms with van der Waals surface area (Å²) < 4.78 is 29.9. The van der Waals surface area contributed by atoms with Crippen LogP contribution in [-0.2, 0) is 16.6 Å². The maximum atomic E-state index is 12.3. The van der Waals surface area contributed by atoms with E-state index in [1.807, 2.05) is 18.2 Å². The van der Waals surface area contributed by atoms with Crippen molar-refractivity contribution in [3.8, 4) is 11.4 Å². The van der Waals surface area contributed by atoms with Crippen LogP contribution in [0.5, 0.6) is 0 Å². The summed E-state index contributed by atoms with van der Waals surface area (Å²) in [6.45, 7) is 1.80. The zero-order valence-corrected chi connectivity index (χ0v) is 15.3. The third kappa shape index (κ3) is 4.58. The van der Waals surface area contributed by atoms with Crippen LogP contribution in [0.25, 0.3) is 11.4 Å². The molecule has 2 aromatic heterocycles. The quantitative estimate of drug-likeness (QED) is 0.846. The molecule has 0 bridgehead atoms. The molecule has 3 rings (SSSR count). The summed E-state index contributed by atoms with van der Waals surface area (Å²) in [4.78, 5) is 18.1. The lowest BCUT2D eigenvalue weighted by atomic mass is 10.2. The highest BCUT2D eigenvalue weighted by Crippen LogP contribution is 2.16. The van der Waals surface area contributed by atoms with E-state index in [0.29, 0.717) is 49.7 Å². The molecular formula is C16H21N5O4S. The number of pyridine rings is 1. The molecule has 10 heteroatoms. The molecule has 26 heavy (non-hydrogen) atoms. The van der Waals surface area contributed by atoms with Crippen LogP contribution in [0.1, 0.15) is 12.2 Å². The number of carbonyl (C=O) groups is 1. The van der Waals surface area contributed by atoms with Gasteiger partial charge < -0.3 is 14.7 Å². The zero-order valence-electron chi connectivity index (χ0n) is 14.5. The van der Waals surface area contributed by atoms with Gasteiger partial charge in [-0.05, 0) is 18.6 Å². The molecule has 0 aliphatic carbocycles. The second-order valence-electron chi connectivity index (χ2n) is 6.05. The van der Waals surface area contributed by atoms with Crippen LogP contribution in [0, 0.1) is 0 Å². The minimum atomic E-state index is -3.23. The first-order valence-corrected chi connectivity index (χ1v) is 10.1. The highest BCUT2D eigenvalue weighted by Gasteiger charge is 2.23. The number of aromatic nitrogens is 2. The third-order valence-corrected chi connectivity index (χ3v) is 5.41. The van der Waals surface area contributed by atoms with Gasteiger partial charge in [-0.3, -0.25) is 4.98 Å². The molecule has 1 saturated heterocycles. The van der Waals surface area contributed by atoms with Gasteiger partial charge in [0.15, 0.2) is 5.76 Å². The van der Waals surface area contributed by atoms with Gasteiger partial charge >= 0.3 is 6.03 Å². The predicted molar refractivity (Wildman–Crippen MR) is 94.6 cm³/mol. The second-order valence-corrected chi connectivity index (χ2v) is 8.04. The van der Waals surface area contributed by atoms with Crippen molar-refractivity contribution in [2.75, 3.05) is 32.4 Å². The summed E-state index contributed by atoms with van der Waals surface area (Å²) in [5, 5.41) is 6.73. The van der Waals surface area contributed by atoms with Crippen molar-refractivity contribution < 1.29 is 17.7 Å². The second kappa shape index (κ2) is 7.83. The van der Waals surface area contributed by atoms with E-state index in [1.165, 1.54) is 10.6 Å². The van der Waals surface area contributed by atoms with Crippen molar-refractivity contribution >= 4 is 16.1 Å². The molecule has 140 valence electrons. The highest BCUT2D eigenvalue weighted by molar-refractivity contribution is 7.88. The number of nitrogens with zero attached hydrogens (tertiary/aromatic N) is 4. The molecule has 1 aliphatic heterocycles. The Morgan fingerprint density at radius 2 is 2.08 bits per heavy atom. The van der Waals surface area contributed by atoms with E-state index in [9.17, 15) is 13.2 Å². The Kier molecular flexibility index (Phi) is 5.52. The van der Waals surface area contributed by atoms with Crippen molar-refractivity contribution in [1.29, 1.82) is 0 Å². The van der Waals surface area contributed by atoms with Gasteiger partial charge in [-0.25, -0.2) is 17.5 Å². The van der Waals surface area contributed by atoms with Crippen LogP contribution < -0.4 is 5.32 Å². The Bertz CT molecular complexity index is 853. The molecule has 0 radical (unpaired) electrons. The Hall–Kier alpha value is -2.46. The summed E-state index contributed by atoms with van der Waals surface area (Å²) >= 11 is 0. The summed E-state index contributed by atoms with van der Waals surface area (Å²) in [5.41, 5.74) is 1.30. The molecule has 0 unspecified atom stereocenters. The number of hydrogen-bond donors (Lipinski definition) is 1. The standard InChI is InChI=1S/C16H21N5O4S/c1-26(23,24)21-8-4-7-20(9-10-21)16(22)18-12-13-11-15(19-25-13)14-5-2-3-6-17-14/h2-3,5-6,11H,4,7-10,12H2,1H3,(H,18,22). The molecule has 0 aromatic carbocycles. The minimum absolute atomic E-state index is 0.199. The first-order chi connectivity index (χ1) is 12.4. The average Bonchev–Trinajstić information content (AvgIpc) is 2.94. The molecule has 2 amide bonds. The summed E-state index contributed by atoms with van der Waals surface area (Å²) in [7, 11) is -3.23. The van der Waals surface area contributed by atoms with E-state index in [-0.39, 0.29) is 12.6 Å². The maximum Gasteiger partial charge on any atom is 0.317 e. The van der Waals surface area contributed by atoms with E-state index in [4.69, 9.17) is 4.52 Å². The number of hydrogen-bond acceptors (Lipinski definition) is 6. The van der Waals surface area contributed by atoms with Gasteiger partial charge in [-0.2, -0.15) is 0 Å². The van der Waals surface area contributed by atoms with Crippen molar-refractivity contribution in [2.24, 2.45) is 0 Å². The van der Waals surface area contributed by atoms with Crippen molar-refractivity contribution in [3.05, 3.63) is 36.2 Å².